The number of nitrogen functional groups attached to an aromatic ring is 1. The van der Waals surface area contributed by atoms with Crippen molar-refractivity contribution in [2.24, 2.45) is 4.99 Å². The molecule has 0 radical (unpaired) electrons. The van der Waals surface area contributed by atoms with Crippen LogP contribution in [0.25, 0.3) is 0 Å². The van der Waals surface area contributed by atoms with Gasteiger partial charge in [0.1, 0.15) is 0 Å². The highest BCUT2D eigenvalue weighted by atomic mass is 33.1. The molecule has 0 aliphatic carbocycles. The molecule has 10 heteroatoms. The maximum atomic E-state index is 11.2. The maximum absolute atomic E-state index is 11.2. The van der Waals surface area contributed by atoms with E-state index < -0.39 is 9.85 Å². The smallest absolute Gasteiger partial charge is 0.285 e. The molecule has 2 N–H and O–H groups in total. The monoisotopic (exact) mass is 426 g/mol. The lowest BCUT2D eigenvalue weighted by molar-refractivity contribution is -0.394. The Kier molecular flexibility index (Phi) is 6.47. The van der Waals surface area contributed by atoms with Crippen molar-refractivity contribution < 1.29 is 9.85 Å². The van der Waals surface area contributed by atoms with Gasteiger partial charge in [-0.2, -0.15) is 0 Å². The Hall–Kier alpha value is -3.37. The van der Waals surface area contributed by atoms with Crippen LogP contribution in [0.4, 0.5) is 22.7 Å². The Bertz CT molecular complexity index is 1070. The quantitative estimate of drug-likeness (QED) is 0.170. The number of nitrogens with zero attached hydrogens (tertiary/aromatic N) is 3. The molecule has 0 unspecified atom stereocenters. The van der Waals surface area contributed by atoms with Crippen molar-refractivity contribution in [2.45, 2.75) is 9.79 Å². The van der Waals surface area contributed by atoms with E-state index in [0.29, 0.717) is 5.69 Å². The van der Waals surface area contributed by atoms with Crippen LogP contribution in [-0.4, -0.2) is 16.1 Å². The van der Waals surface area contributed by atoms with E-state index in [0.717, 1.165) is 21.5 Å². The number of anilines is 1. The van der Waals surface area contributed by atoms with Gasteiger partial charge in [0, 0.05) is 27.8 Å². The molecule has 146 valence electrons. The molecule has 3 rings (SSSR count). The summed E-state index contributed by atoms with van der Waals surface area (Å²) >= 11 is 0. The van der Waals surface area contributed by atoms with Crippen LogP contribution in [0.2, 0.25) is 0 Å². The summed E-state index contributed by atoms with van der Waals surface area (Å²) in [5, 5.41) is 22.0. The van der Waals surface area contributed by atoms with Gasteiger partial charge in [-0.1, -0.05) is 21.6 Å². The highest BCUT2D eigenvalue weighted by Gasteiger charge is 2.18. The summed E-state index contributed by atoms with van der Waals surface area (Å²) in [5.41, 5.74) is 6.49. The third-order valence-electron chi connectivity index (χ3n) is 3.73. The predicted molar refractivity (Wildman–Crippen MR) is 116 cm³/mol. The van der Waals surface area contributed by atoms with Crippen LogP contribution >= 0.6 is 21.6 Å². The first-order valence-corrected chi connectivity index (χ1v) is 10.3. The molecule has 0 atom stereocenters. The van der Waals surface area contributed by atoms with E-state index in [1.165, 1.54) is 18.3 Å². The lowest BCUT2D eigenvalue weighted by Gasteiger charge is -2.02. The molecule has 0 aliphatic rings. The Morgan fingerprint density at radius 2 is 1.41 bits per heavy atom. The molecule has 3 aromatic carbocycles. The van der Waals surface area contributed by atoms with Gasteiger partial charge in [0.15, 0.2) is 0 Å². The minimum Gasteiger partial charge on any atom is -0.399 e. The molecule has 0 aromatic heterocycles. The van der Waals surface area contributed by atoms with Crippen LogP contribution in [0.1, 0.15) is 5.56 Å². The number of benzene rings is 3. The summed E-state index contributed by atoms with van der Waals surface area (Å²) in [6.45, 7) is 0. The number of aliphatic imine (C=N–C) groups is 1. The Labute approximate surface area is 173 Å². The molecule has 0 aliphatic heterocycles. The van der Waals surface area contributed by atoms with Gasteiger partial charge in [0.05, 0.1) is 27.2 Å². The molecular weight excluding hydrogens is 412 g/mol. The normalized spacial score (nSPS) is 10.9. The Balaban J connectivity index is 1.69. The standard InChI is InChI=1S/C19H14N4O4S2/c20-14-2-7-17(8-3-14)28-29-18-9-4-15(5-10-18)21-12-13-1-6-16(22(24)25)11-19(13)23(26)27/h1-12H,20H2. The molecule has 0 heterocycles. The first-order valence-electron chi connectivity index (χ1n) is 8.19. The van der Waals surface area contributed by atoms with Gasteiger partial charge >= 0.3 is 0 Å². The van der Waals surface area contributed by atoms with Crippen LogP contribution in [0.5, 0.6) is 0 Å². The first kappa shape index (κ1) is 20.4. The SMILES string of the molecule is Nc1ccc(SSc2ccc(N=Cc3ccc([N+](=O)[O-])cc3[N+](=O)[O-])cc2)cc1. The molecular formula is C19H14N4O4S2. The van der Waals surface area contributed by atoms with E-state index >= 15 is 0 Å². The maximum Gasteiger partial charge on any atom is 0.285 e. The lowest BCUT2D eigenvalue weighted by Crippen LogP contribution is -1.97. The van der Waals surface area contributed by atoms with E-state index in [1.54, 1.807) is 33.7 Å². The zero-order chi connectivity index (χ0) is 20.8. The molecule has 0 bridgehead atoms. The van der Waals surface area contributed by atoms with E-state index in [9.17, 15) is 20.2 Å². The van der Waals surface area contributed by atoms with Crippen molar-refractivity contribution in [2.75, 3.05) is 5.73 Å². The van der Waals surface area contributed by atoms with E-state index in [-0.39, 0.29) is 16.9 Å². The summed E-state index contributed by atoms with van der Waals surface area (Å²) in [4.78, 5) is 27.0. The van der Waals surface area contributed by atoms with Gasteiger partial charge in [-0.15, -0.1) is 0 Å². The number of nitrogens with two attached hydrogens (primary N) is 1. The summed E-state index contributed by atoms with van der Waals surface area (Å²) in [6, 6.07) is 18.4. The summed E-state index contributed by atoms with van der Waals surface area (Å²) in [5.74, 6) is 0. The third-order valence-corrected chi connectivity index (χ3v) is 6.14. The average molecular weight is 426 g/mol. The zero-order valence-corrected chi connectivity index (χ0v) is 16.4. The number of hydrogen-bond donors (Lipinski definition) is 1. The average Bonchev–Trinajstić information content (AvgIpc) is 2.72. The Morgan fingerprint density at radius 3 is 1.97 bits per heavy atom. The molecule has 0 saturated carbocycles. The fourth-order valence-corrected chi connectivity index (χ4v) is 4.20. The van der Waals surface area contributed by atoms with Crippen molar-refractivity contribution in [3.8, 4) is 0 Å². The Morgan fingerprint density at radius 1 is 0.828 bits per heavy atom. The fraction of sp³-hybridized carbons (Fsp3) is 0. The predicted octanol–water partition coefficient (Wildman–Crippen LogP) is 5.64. The first-order chi connectivity index (χ1) is 13.9. The lowest BCUT2D eigenvalue weighted by atomic mass is 10.2. The van der Waals surface area contributed by atoms with Crippen molar-refractivity contribution in [1.82, 2.24) is 0 Å². The number of non-ortho nitro benzene ring substituents is 1. The number of nitro groups is 2. The van der Waals surface area contributed by atoms with Gasteiger partial charge in [-0.05, 0) is 54.6 Å². The minimum absolute atomic E-state index is 0.193. The molecule has 0 spiro atoms. The fourth-order valence-electron chi connectivity index (χ4n) is 2.26. The molecule has 0 amide bonds. The van der Waals surface area contributed by atoms with Gasteiger partial charge in [-0.3, -0.25) is 25.2 Å². The largest absolute Gasteiger partial charge is 0.399 e. The minimum atomic E-state index is -0.674. The third kappa shape index (κ3) is 5.56. The molecule has 29 heavy (non-hydrogen) atoms. The molecule has 0 fully saturated rings. The highest BCUT2D eigenvalue weighted by Crippen LogP contribution is 2.38. The van der Waals surface area contributed by atoms with Gasteiger partial charge in [0.25, 0.3) is 11.4 Å². The zero-order valence-electron chi connectivity index (χ0n) is 14.8. The summed E-state index contributed by atoms with van der Waals surface area (Å²) in [6.07, 6.45) is 1.33. The second-order valence-electron chi connectivity index (χ2n) is 5.75. The van der Waals surface area contributed by atoms with Crippen molar-refractivity contribution in [3.05, 3.63) is 92.5 Å². The molecule has 8 nitrogen and oxygen atoms in total. The van der Waals surface area contributed by atoms with E-state index in [1.807, 2.05) is 36.4 Å². The van der Waals surface area contributed by atoms with Gasteiger partial charge < -0.3 is 5.73 Å². The molecule has 0 saturated heterocycles. The van der Waals surface area contributed by atoms with Crippen LogP contribution in [0, 0.1) is 20.2 Å². The van der Waals surface area contributed by atoms with Crippen LogP contribution in [0.3, 0.4) is 0 Å². The van der Waals surface area contributed by atoms with Gasteiger partial charge in [-0.25, -0.2) is 0 Å². The van der Waals surface area contributed by atoms with E-state index in [2.05, 4.69) is 4.99 Å². The second kappa shape index (κ2) is 9.22. The van der Waals surface area contributed by atoms with Gasteiger partial charge in [0.2, 0.25) is 0 Å². The van der Waals surface area contributed by atoms with E-state index in [4.69, 9.17) is 5.73 Å². The number of hydrogen-bond acceptors (Lipinski definition) is 8. The van der Waals surface area contributed by atoms with Crippen LogP contribution in [0.15, 0.2) is 81.5 Å². The molecule has 3 aromatic rings. The van der Waals surface area contributed by atoms with Crippen molar-refractivity contribution >= 4 is 50.6 Å². The summed E-state index contributed by atoms with van der Waals surface area (Å²) in [7, 11) is 3.18. The number of rotatable bonds is 7. The highest BCUT2D eigenvalue weighted by molar-refractivity contribution is 8.76. The topological polar surface area (TPSA) is 125 Å². The summed E-state index contributed by atoms with van der Waals surface area (Å²) < 4.78 is 0. The second-order valence-corrected chi connectivity index (χ2v) is 8.02. The van der Waals surface area contributed by atoms with Crippen molar-refractivity contribution in [1.29, 1.82) is 0 Å². The number of nitro benzene ring substituents is 2. The van der Waals surface area contributed by atoms with Crippen LogP contribution in [-0.2, 0) is 0 Å². The van der Waals surface area contributed by atoms with Crippen molar-refractivity contribution in [3.63, 3.8) is 0 Å². The van der Waals surface area contributed by atoms with Crippen LogP contribution < -0.4 is 5.73 Å².